The highest BCUT2D eigenvalue weighted by Gasteiger charge is 2.31. The van der Waals surface area contributed by atoms with Crippen molar-refractivity contribution in [3.63, 3.8) is 0 Å². The summed E-state index contributed by atoms with van der Waals surface area (Å²) in [6, 6.07) is 1.80. The van der Waals surface area contributed by atoms with Gasteiger partial charge >= 0.3 is 0 Å². The smallest absolute Gasteiger partial charge is 0.236 e. The largest absolute Gasteiger partial charge is 0.340 e. The number of hydrogen-bond donors (Lipinski definition) is 0. The molecule has 0 bridgehead atoms. The Hall–Kier alpha value is -1.64. The molecule has 1 rings (SSSR count). The molecule has 1 aliphatic heterocycles. The van der Waals surface area contributed by atoms with Gasteiger partial charge in [-0.3, -0.25) is 9.80 Å². The molecule has 0 unspecified atom stereocenters. The van der Waals surface area contributed by atoms with Crippen molar-refractivity contribution >= 4 is 5.91 Å². The minimum atomic E-state index is -0.168. The van der Waals surface area contributed by atoms with Gasteiger partial charge in [0.15, 0.2) is 0 Å². The Kier molecular flexibility index (Phi) is 4.23. The first-order valence-electron chi connectivity index (χ1n) is 5.31. The van der Waals surface area contributed by atoms with E-state index in [1.54, 1.807) is 11.9 Å². The van der Waals surface area contributed by atoms with E-state index in [-0.39, 0.29) is 18.4 Å². The molecule has 1 fully saturated rings. The van der Waals surface area contributed by atoms with Crippen molar-refractivity contribution in [2.45, 2.75) is 25.8 Å². The predicted molar refractivity (Wildman–Crippen MR) is 57.9 cm³/mol. The van der Waals surface area contributed by atoms with Crippen molar-refractivity contribution < 1.29 is 4.79 Å². The zero-order valence-corrected chi connectivity index (χ0v) is 9.59. The molecule has 0 N–H and O–H groups in total. The van der Waals surface area contributed by atoms with Crippen LogP contribution < -0.4 is 0 Å². The van der Waals surface area contributed by atoms with Gasteiger partial charge in [-0.2, -0.15) is 5.26 Å². The molecule has 6 heteroatoms. The number of likely N-dealkylation sites (tertiary alicyclic amines) is 1. The lowest BCUT2D eigenvalue weighted by atomic mass is 9.93. The number of piperidine rings is 1. The van der Waals surface area contributed by atoms with Crippen molar-refractivity contribution in [2.75, 3.05) is 20.1 Å². The van der Waals surface area contributed by atoms with Crippen LogP contribution in [0.1, 0.15) is 19.8 Å². The highest BCUT2D eigenvalue weighted by molar-refractivity contribution is 5.78. The molecule has 16 heavy (non-hydrogen) atoms. The monoisotopic (exact) mass is 224 g/mol. The zero-order chi connectivity index (χ0) is 12.1. The molecule has 1 amide bonds. The summed E-state index contributed by atoms with van der Waals surface area (Å²) in [7, 11) is 1.62. The Morgan fingerprint density at radius 2 is 2.38 bits per heavy atom. The number of likely N-dealkylation sites (N-methyl/N-ethyl adjacent to an activating group) is 1. The molecule has 0 spiro atoms. The molecule has 1 heterocycles. The highest BCUT2D eigenvalue weighted by Crippen LogP contribution is 2.21. The first kappa shape index (κ1) is 12.4. The molecule has 0 aromatic heterocycles. The van der Waals surface area contributed by atoms with E-state index >= 15 is 0 Å². The molecule has 0 saturated carbocycles. The Labute approximate surface area is 94.8 Å². The van der Waals surface area contributed by atoms with Gasteiger partial charge in [-0.05, 0) is 12.3 Å². The van der Waals surface area contributed by atoms with Gasteiger partial charge in [-0.1, -0.05) is 6.92 Å². The van der Waals surface area contributed by atoms with Crippen LogP contribution in [0.15, 0.2) is 5.29 Å². The normalized spacial score (nSPS) is 24.7. The van der Waals surface area contributed by atoms with Gasteiger partial charge < -0.3 is 4.90 Å². The van der Waals surface area contributed by atoms with Gasteiger partial charge in [-0.15, -0.1) is 4.91 Å². The van der Waals surface area contributed by atoms with E-state index in [0.717, 1.165) is 6.42 Å². The maximum atomic E-state index is 11.5. The number of nitrogens with zero attached hydrogens (tertiary/aromatic N) is 4. The minimum Gasteiger partial charge on any atom is -0.340 e. The van der Waals surface area contributed by atoms with Crippen LogP contribution in [0, 0.1) is 22.2 Å². The van der Waals surface area contributed by atoms with Crippen LogP contribution in [0.4, 0.5) is 0 Å². The van der Waals surface area contributed by atoms with Crippen LogP contribution in [0.5, 0.6) is 0 Å². The van der Waals surface area contributed by atoms with Crippen LogP contribution in [-0.2, 0) is 4.79 Å². The minimum absolute atomic E-state index is 0.0473. The van der Waals surface area contributed by atoms with Crippen molar-refractivity contribution in [1.82, 2.24) is 9.91 Å². The summed E-state index contributed by atoms with van der Waals surface area (Å²) >= 11 is 0. The number of carbonyl (C=O) groups excluding carboxylic acids is 1. The molecular formula is C10H16N4O2. The van der Waals surface area contributed by atoms with Crippen LogP contribution >= 0.6 is 0 Å². The molecule has 6 nitrogen and oxygen atoms in total. The van der Waals surface area contributed by atoms with Crippen molar-refractivity contribution in [1.29, 1.82) is 5.26 Å². The lowest BCUT2D eigenvalue weighted by Gasteiger charge is -2.39. The Balaban J connectivity index is 2.64. The zero-order valence-electron chi connectivity index (χ0n) is 9.59. The van der Waals surface area contributed by atoms with E-state index < -0.39 is 0 Å². The van der Waals surface area contributed by atoms with E-state index in [1.807, 2.05) is 13.0 Å². The van der Waals surface area contributed by atoms with Gasteiger partial charge in [0, 0.05) is 20.1 Å². The summed E-state index contributed by atoms with van der Waals surface area (Å²) < 4.78 is 0. The maximum Gasteiger partial charge on any atom is 0.236 e. The third kappa shape index (κ3) is 2.69. The maximum absolute atomic E-state index is 11.5. The number of rotatable bonds is 3. The third-order valence-corrected chi connectivity index (χ3v) is 3.11. The summed E-state index contributed by atoms with van der Waals surface area (Å²) in [6.07, 6.45) is 0.737. The predicted octanol–water partition coefficient (Wildman–Crippen LogP) is 0.750. The first-order valence-corrected chi connectivity index (χ1v) is 5.31. The van der Waals surface area contributed by atoms with Crippen LogP contribution in [0.2, 0.25) is 0 Å². The second kappa shape index (κ2) is 5.45. The van der Waals surface area contributed by atoms with E-state index in [2.05, 4.69) is 5.29 Å². The fourth-order valence-electron chi connectivity index (χ4n) is 2.00. The summed E-state index contributed by atoms with van der Waals surface area (Å²) in [4.78, 5) is 23.6. The fraction of sp³-hybridized carbons (Fsp3) is 0.800. The molecule has 0 radical (unpaired) electrons. The SMILES string of the molecule is C[C@@H]1CCN(C(=O)CC#N)C[C@@H]1N(C)N=O. The second-order valence-corrected chi connectivity index (χ2v) is 4.16. The van der Waals surface area contributed by atoms with Gasteiger partial charge in [0.1, 0.15) is 6.42 Å². The first-order chi connectivity index (χ1) is 7.60. The molecule has 0 aliphatic carbocycles. The number of nitroso groups, excluding NO2 is 1. The Morgan fingerprint density at radius 3 is 2.94 bits per heavy atom. The quantitative estimate of drug-likeness (QED) is 0.523. The lowest BCUT2D eigenvalue weighted by Crippen LogP contribution is -2.50. The highest BCUT2D eigenvalue weighted by atomic mass is 16.3. The molecule has 1 aliphatic rings. The Morgan fingerprint density at radius 1 is 1.69 bits per heavy atom. The summed E-state index contributed by atoms with van der Waals surface area (Å²) in [6.45, 7) is 3.17. The van der Waals surface area contributed by atoms with Crippen LogP contribution in [-0.4, -0.2) is 42.0 Å². The van der Waals surface area contributed by atoms with Gasteiger partial charge in [0.2, 0.25) is 5.91 Å². The number of carbonyl (C=O) groups is 1. The number of amides is 1. The van der Waals surface area contributed by atoms with E-state index in [1.165, 1.54) is 5.01 Å². The Bertz CT molecular complexity index is 312. The number of hydrogen-bond acceptors (Lipinski definition) is 4. The third-order valence-electron chi connectivity index (χ3n) is 3.11. The fourth-order valence-corrected chi connectivity index (χ4v) is 2.00. The molecule has 2 atom stereocenters. The molecule has 88 valence electrons. The summed E-state index contributed by atoms with van der Waals surface area (Å²) in [5, 5.41) is 12.7. The summed E-state index contributed by atoms with van der Waals surface area (Å²) in [5.74, 6) is 0.160. The van der Waals surface area contributed by atoms with Crippen LogP contribution in [0.3, 0.4) is 0 Å². The van der Waals surface area contributed by atoms with E-state index in [9.17, 15) is 9.70 Å². The van der Waals surface area contributed by atoms with Crippen LogP contribution in [0.25, 0.3) is 0 Å². The summed E-state index contributed by atoms with van der Waals surface area (Å²) in [5.41, 5.74) is 0. The molecule has 1 saturated heterocycles. The topological polar surface area (TPSA) is 76.8 Å². The standard InChI is InChI=1S/C10H16N4O2/c1-8-4-6-14(10(15)3-5-11)7-9(8)13(2)12-16/h8-9H,3-4,6-7H2,1-2H3/t8-,9+/m1/s1. The van der Waals surface area contributed by atoms with Crippen molar-refractivity contribution in [2.24, 2.45) is 11.2 Å². The van der Waals surface area contributed by atoms with Gasteiger partial charge in [0.25, 0.3) is 0 Å². The van der Waals surface area contributed by atoms with E-state index in [0.29, 0.717) is 19.0 Å². The average Bonchev–Trinajstić information content (AvgIpc) is 2.29. The average molecular weight is 224 g/mol. The van der Waals surface area contributed by atoms with Gasteiger partial charge in [-0.25, -0.2) is 0 Å². The second-order valence-electron chi connectivity index (χ2n) is 4.16. The molecular weight excluding hydrogens is 208 g/mol. The van der Waals surface area contributed by atoms with E-state index in [4.69, 9.17) is 5.26 Å². The lowest BCUT2D eigenvalue weighted by molar-refractivity contribution is -0.133. The van der Waals surface area contributed by atoms with Crippen molar-refractivity contribution in [3.05, 3.63) is 4.91 Å². The number of nitriles is 1. The molecule has 0 aromatic carbocycles. The van der Waals surface area contributed by atoms with Gasteiger partial charge in [0.05, 0.1) is 17.4 Å². The van der Waals surface area contributed by atoms with Crippen molar-refractivity contribution in [3.8, 4) is 6.07 Å². The molecule has 0 aromatic rings.